The van der Waals surface area contributed by atoms with E-state index in [1.54, 1.807) is 17.0 Å². The minimum Gasteiger partial charge on any atom is -0.507 e. The standard InChI is InChI=1S/C39H45ClN2O15/c1-19(43)32(47)33(48)35(50)38-36(51)34(49)37(52)39(57-38)55-22-14-24(44)31-25(45)16-27(56-29(31)15-22)20-7-8-26(53-2)28(13-20)54-18-30(46)42-11-9-41(10-12-42)17-21-5-3-4-6-23(21)40/h3-8,13-16,19,32-39,43-44,47-52H,9-12,17-18H2,1-2H3/t19-,32-,33+,34+,35-,36+,37-,38-,39?/m1/s1. The Bertz CT molecular complexity index is 2090. The highest BCUT2D eigenvalue weighted by atomic mass is 35.5. The third-order valence-corrected chi connectivity index (χ3v) is 10.4. The summed E-state index contributed by atoms with van der Waals surface area (Å²) in [6.45, 7) is 3.84. The first-order chi connectivity index (χ1) is 27.2. The number of halogens is 1. The number of amides is 1. The molecule has 2 aliphatic heterocycles. The summed E-state index contributed by atoms with van der Waals surface area (Å²) in [5.74, 6) is -0.532. The molecule has 2 saturated heterocycles. The van der Waals surface area contributed by atoms with E-state index in [4.69, 9.17) is 35.0 Å². The summed E-state index contributed by atoms with van der Waals surface area (Å²) in [5.41, 5.74) is 0.542. The third-order valence-electron chi connectivity index (χ3n) is 10.0. The minimum absolute atomic E-state index is 0.0267. The van der Waals surface area contributed by atoms with E-state index in [0.717, 1.165) is 24.6 Å². The number of ether oxygens (including phenoxy) is 4. The van der Waals surface area contributed by atoms with Gasteiger partial charge in [-0.25, -0.2) is 0 Å². The topological polar surface area (TPSA) is 253 Å². The van der Waals surface area contributed by atoms with E-state index >= 15 is 0 Å². The van der Waals surface area contributed by atoms with Crippen molar-refractivity contribution >= 4 is 28.5 Å². The molecule has 1 amide bonds. The molecule has 8 N–H and O–H groups in total. The molecule has 9 atom stereocenters. The molecule has 308 valence electrons. The molecule has 2 fully saturated rings. The van der Waals surface area contributed by atoms with Crippen molar-refractivity contribution in [3.63, 3.8) is 0 Å². The molecule has 0 radical (unpaired) electrons. The molecule has 1 aromatic heterocycles. The second kappa shape index (κ2) is 17.9. The van der Waals surface area contributed by atoms with Crippen LogP contribution in [0.4, 0.5) is 0 Å². The number of fused-ring (bicyclic) bond motifs is 1. The monoisotopic (exact) mass is 816 g/mol. The molecule has 0 aliphatic carbocycles. The molecule has 1 unspecified atom stereocenters. The first kappa shape index (κ1) is 42.1. The van der Waals surface area contributed by atoms with Crippen LogP contribution in [0.25, 0.3) is 22.3 Å². The lowest BCUT2D eigenvalue weighted by atomic mass is 9.90. The zero-order chi connectivity index (χ0) is 41.1. The van der Waals surface area contributed by atoms with Gasteiger partial charge >= 0.3 is 0 Å². The number of hydrogen-bond acceptors (Lipinski definition) is 16. The first-order valence-corrected chi connectivity index (χ1v) is 18.5. The summed E-state index contributed by atoms with van der Waals surface area (Å²) in [5, 5.41) is 83.5. The highest BCUT2D eigenvalue weighted by Gasteiger charge is 2.50. The molecule has 0 bridgehead atoms. The van der Waals surface area contributed by atoms with Crippen molar-refractivity contribution in [1.29, 1.82) is 0 Å². The van der Waals surface area contributed by atoms with Gasteiger partial charge in [0.05, 0.1) is 13.2 Å². The van der Waals surface area contributed by atoms with E-state index in [-0.39, 0.29) is 40.7 Å². The minimum atomic E-state index is -2.07. The van der Waals surface area contributed by atoms with Crippen LogP contribution in [-0.4, -0.2) is 152 Å². The summed E-state index contributed by atoms with van der Waals surface area (Å²) in [4.78, 5) is 30.3. The van der Waals surface area contributed by atoms with Crippen LogP contribution in [0.5, 0.6) is 23.0 Å². The van der Waals surface area contributed by atoms with Gasteiger partial charge < -0.3 is 69.1 Å². The molecule has 0 saturated carbocycles. The van der Waals surface area contributed by atoms with Crippen LogP contribution in [0, 0.1) is 0 Å². The highest BCUT2D eigenvalue weighted by molar-refractivity contribution is 6.31. The van der Waals surface area contributed by atoms with Gasteiger partial charge in [0, 0.05) is 61.5 Å². The summed E-state index contributed by atoms with van der Waals surface area (Å²) in [7, 11) is 1.43. The van der Waals surface area contributed by atoms with Crippen LogP contribution < -0.4 is 19.6 Å². The maximum Gasteiger partial charge on any atom is 0.260 e. The lowest BCUT2D eigenvalue weighted by Crippen LogP contribution is -2.64. The Morgan fingerprint density at radius 3 is 2.32 bits per heavy atom. The number of benzene rings is 3. The molecule has 18 heteroatoms. The molecule has 57 heavy (non-hydrogen) atoms. The highest BCUT2D eigenvalue weighted by Crippen LogP contribution is 2.36. The van der Waals surface area contributed by atoms with Gasteiger partial charge in [0.15, 0.2) is 23.5 Å². The first-order valence-electron chi connectivity index (χ1n) is 18.1. The maximum absolute atomic E-state index is 13.3. The molecule has 3 aromatic carbocycles. The summed E-state index contributed by atoms with van der Waals surface area (Å²) in [6, 6.07) is 15.6. The van der Waals surface area contributed by atoms with Gasteiger partial charge in [-0.05, 0) is 36.8 Å². The number of hydrogen-bond donors (Lipinski definition) is 8. The summed E-state index contributed by atoms with van der Waals surface area (Å²) in [6.07, 6.45) is -17.0. The van der Waals surface area contributed by atoms with Gasteiger partial charge in [-0.3, -0.25) is 14.5 Å². The van der Waals surface area contributed by atoms with Crippen molar-refractivity contribution < 1.29 is 69.0 Å². The Labute approximate surface area is 331 Å². The van der Waals surface area contributed by atoms with E-state index in [2.05, 4.69) is 4.90 Å². The van der Waals surface area contributed by atoms with Gasteiger partial charge in [0.1, 0.15) is 71.0 Å². The van der Waals surface area contributed by atoms with Crippen molar-refractivity contribution in [2.24, 2.45) is 0 Å². The van der Waals surface area contributed by atoms with Crippen LogP contribution in [-0.2, 0) is 16.1 Å². The van der Waals surface area contributed by atoms with Crippen LogP contribution in [0.1, 0.15) is 12.5 Å². The van der Waals surface area contributed by atoms with E-state index in [1.165, 1.54) is 19.2 Å². The number of rotatable bonds is 13. The van der Waals surface area contributed by atoms with Crippen molar-refractivity contribution in [1.82, 2.24) is 9.80 Å². The SMILES string of the molecule is COc1ccc(-c2cc(=O)c3c(O)cc(OC4O[C@H]([C@H](O)[C@@H](O)[C@H](O)[C@@H](C)O)[C@@H](O)[C@H](O)[C@H]4O)cc3o2)cc1OCC(=O)N1CCN(Cc2ccccc2Cl)CC1. The lowest BCUT2D eigenvalue weighted by molar-refractivity contribution is -0.298. The van der Waals surface area contributed by atoms with Crippen LogP contribution in [0.15, 0.2) is 69.9 Å². The third kappa shape index (κ3) is 9.29. The number of carbonyl (C=O) groups is 1. The number of phenols is 1. The molecule has 2 aliphatic rings. The van der Waals surface area contributed by atoms with Crippen LogP contribution in [0.2, 0.25) is 5.02 Å². The Balaban J connectivity index is 1.16. The van der Waals surface area contributed by atoms with Gasteiger partial charge in [-0.15, -0.1) is 0 Å². The summed E-state index contributed by atoms with van der Waals surface area (Å²) >= 11 is 6.32. The van der Waals surface area contributed by atoms with E-state index in [0.29, 0.717) is 49.1 Å². The number of phenolic OH excluding ortho intramolecular Hbond substituents is 1. The largest absolute Gasteiger partial charge is 0.507 e. The number of piperazine rings is 1. The zero-order valence-electron chi connectivity index (χ0n) is 30.9. The molecule has 0 spiro atoms. The molecule has 6 rings (SSSR count). The van der Waals surface area contributed by atoms with E-state index in [9.17, 15) is 50.4 Å². The molecular weight excluding hydrogens is 772 g/mol. The Kier molecular flexibility index (Phi) is 13.3. The number of methoxy groups -OCH3 is 1. The normalized spacial score (nSPS) is 23.8. The van der Waals surface area contributed by atoms with Gasteiger partial charge in [0.25, 0.3) is 5.91 Å². The number of aromatic hydroxyl groups is 1. The smallest absolute Gasteiger partial charge is 0.260 e. The van der Waals surface area contributed by atoms with Crippen molar-refractivity contribution in [2.75, 3.05) is 39.9 Å². The van der Waals surface area contributed by atoms with Crippen molar-refractivity contribution in [3.8, 4) is 34.3 Å². The second-order valence-electron chi connectivity index (χ2n) is 14.0. The number of carbonyl (C=O) groups excluding carboxylic acids is 1. The zero-order valence-corrected chi connectivity index (χ0v) is 31.7. The fourth-order valence-electron chi connectivity index (χ4n) is 6.72. The fourth-order valence-corrected chi connectivity index (χ4v) is 6.91. The predicted molar refractivity (Wildman–Crippen MR) is 202 cm³/mol. The Morgan fingerprint density at radius 1 is 0.912 bits per heavy atom. The van der Waals surface area contributed by atoms with Gasteiger partial charge in [0.2, 0.25) is 6.29 Å². The second-order valence-corrected chi connectivity index (χ2v) is 14.4. The number of aliphatic hydroxyl groups is 7. The Hall–Kier alpha value is -4.53. The predicted octanol–water partition coefficient (Wildman–Crippen LogP) is 0.201. The van der Waals surface area contributed by atoms with Crippen molar-refractivity contribution in [3.05, 3.63) is 81.5 Å². The summed E-state index contributed by atoms with van der Waals surface area (Å²) < 4.78 is 28.5. The van der Waals surface area contributed by atoms with Gasteiger partial charge in [-0.2, -0.15) is 0 Å². The van der Waals surface area contributed by atoms with E-state index < -0.39 is 66.3 Å². The van der Waals surface area contributed by atoms with E-state index in [1.807, 2.05) is 24.3 Å². The fraction of sp³-hybridized carbons (Fsp3) is 0.436. The maximum atomic E-state index is 13.3. The molecule has 3 heterocycles. The molecule has 17 nitrogen and oxygen atoms in total. The lowest BCUT2D eigenvalue weighted by Gasteiger charge is -2.43. The Morgan fingerprint density at radius 2 is 1.63 bits per heavy atom. The van der Waals surface area contributed by atoms with Gasteiger partial charge in [-0.1, -0.05) is 29.8 Å². The number of aliphatic hydroxyl groups excluding tert-OH is 7. The molecule has 4 aromatic rings. The quantitative estimate of drug-likeness (QED) is 0.0898. The average molecular weight is 817 g/mol. The number of nitrogens with zero attached hydrogens (tertiary/aromatic N) is 2. The van der Waals surface area contributed by atoms with Crippen LogP contribution >= 0.6 is 11.6 Å². The molecular formula is C39H45ClN2O15. The average Bonchev–Trinajstić information content (AvgIpc) is 3.19. The van der Waals surface area contributed by atoms with Crippen LogP contribution in [0.3, 0.4) is 0 Å². The van der Waals surface area contributed by atoms with Crippen molar-refractivity contribution in [2.45, 2.75) is 68.6 Å².